The largest absolute Gasteiger partial charge is 0.472 e. The normalized spacial score (nSPS) is 17.0. The first-order valence-electron chi connectivity index (χ1n) is 6.98. The van der Waals surface area contributed by atoms with E-state index in [2.05, 4.69) is 9.97 Å². The number of benzene rings is 1. The summed E-state index contributed by atoms with van der Waals surface area (Å²) in [7, 11) is 0. The fourth-order valence-corrected chi connectivity index (χ4v) is 2.43. The molecular formula is C16H14N4O2. The van der Waals surface area contributed by atoms with Crippen molar-refractivity contribution in [1.29, 1.82) is 5.26 Å². The molecule has 1 aromatic heterocycles. The van der Waals surface area contributed by atoms with Crippen molar-refractivity contribution < 1.29 is 9.53 Å². The molecule has 1 aliphatic heterocycles. The lowest BCUT2D eigenvalue weighted by Crippen LogP contribution is -2.31. The van der Waals surface area contributed by atoms with Gasteiger partial charge >= 0.3 is 0 Å². The Kier molecular flexibility index (Phi) is 3.97. The van der Waals surface area contributed by atoms with E-state index in [4.69, 9.17) is 10.00 Å². The molecule has 1 fully saturated rings. The van der Waals surface area contributed by atoms with Crippen molar-refractivity contribution in [2.75, 3.05) is 13.1 Å². The van der Waals surface area contributed by atoms with Crippen molar-refractivity contribution in [2.45, 2.75) is 12.5 Å². The van der Waals surface area contributed by atoms with Crippen molar-refractivity contribution in [3.63, 3.8) is 0 Å². The van der Waals surface area contributed by atoms with Crippen LogP contribution in [0.4, 0.5) is 0 Å². The van der Waals surface area contributed by atoms with Gasteiger partial charge in [-0.1, -0.05) is 6.07 Å². The number of hydrogen-bond donors (Lipinski definition) is 0. The summed E-state index contributed by atoms with van der Waals surface area (Å²) >= 11 is 0. The molecule has 0 aliphatic carbocycles. The molecule has 6 nitrogen and oxygen atoms in total. The number of nitriles is 1. The van der Waals surface area contributed by atoms with E-state index in [1.54, 1.807) is 41.4 Å². The van der Waals surface area contributed by atoms with E-state index < -0.39 is 0 Å². The Hall–Kier alpha value is -2.94. The Labute approximate surface area is 128 Å². The molecule has 0 spiro atoms. The van der Waals surface area contributed by atoms with Crippen molar-refractivity contribution in [2.24, 2.45) is 0 Å². The number of likely N-dealkylation sites (tertiary alicyclic amines) is 1. The van der Waals surface area contributed by atoms with Crippen molar-refractivity contribution >= 4 is 5.91 Å². The highest BCUT2D eigenvalue weighted by Gasteiger charge is 2.28. The molecule has 1 unspecified atom stereocenters. The van der Waals surface area contributed by atoms with E-state index in [0.29, 0.717) is 30.1 Å². The van der Waals surface area contributed by atoms with E-state index in [0.717, 1.165) is 6.42 Å². The van der Waals surface area contributed by atoms with Gasteiger partial charge in [-0.3, -0.25) is 4.79 Å². The summed E-state index contributed by atoms with van der Waals surface area (Å²) in [6, 6.07) is 10.5. The maximum absolute atomic E-state index is 12.4. The highest BCUT2D eigenvalue weighted by Crippen LogP contribution is 2.18. The zero-order valence-corrected chi connectivity index (χ0v) is 11.8. The van der Waals surface area contributed by atoms with Crippen LogP contribution in [0.15, 0.2) is 42.9 Å². The van der Waals surface area contributed by atoms with Crippen LogP contribution in [0, 0.1) is 11.3 Å². The second-order valence-corrected chi connectivity index (χ2v) is 5.02. The van der Waals surface area contributed by atoms with Gasteiger partial charge < -0.3 is 9.64 Å². The van der Waals surface area contributed by atoms with Gasteiger partial charge in [-0.05, 0) is 18.2 Å². The third-order valence-corrected chi connectivity index (χ3v) is 3.51. The number of ether oxygens (including phenoxy) is 1. The van der Waals surface area contributed by atoms with Crippen LogP contribution in [-0.2, 0) is 0 Å². The molecule has 1 saturated heterocycles. The molecule has 1 amide bonds. The fourth-order valence-electron chi connectivity index (χ4n) is 2.43. The molecule has 0 N–H and O–H groups in total. The highest BCUT2D eigenvalue weighted by molar-refractivity contribution is 5.94. The topological polar surface area (TPSA) is 79.1 Å². The molecule has 2 aromatic rings. The highest BCUT2D eigenvalue weighted by atomic mass is 16.5. The van der Waals surface area contributed by atoms with Gasteiger partial charge in [0.25, 0.3) is 5.91 Å². The number of nitrogens with zero attached hydrogens (tertiary/aromatic N) is 4. The minimum Gasteiger partial charge on any atom is -0.472 e. The van der Waals surface area contributed by atoms with Gasteiger partial charge in [0, 0.05) is 30.8 Å². The summed E-state index contributed by atoms with van der Waals surface area (Å²) in [6.07, 6.45) is 3.74. The van der Waals surface area contributed by atoms with Crippen molar-refractivity contribution in [1.82, 2.24) is 14.9 Å². The first-order chi connectivity index (χ1) is 10.8. The molecule has 1 aromatic carbocycles. The second kappa shape index (κ2) is 6.22. The molecule has 2 heterocycles. The number of hydrogen-bond acceptors (Lipinski definition) is 5. The molecule has 0 radical (unpaired) electrons. The number of carbonyl (C=O) groups excluding carboxylic acids is 1. The predicted octanol–water partition coefficient (Wildman–Crippen LogP) is 1.64. The SMILES string of the molecule is N#Cc1cccc(C(=O)N2CCC(Oc3ccncn3)C2)c1. The van der Waals surface area contributed by atoms with E-state index in [-0.39, 0.29) is 12.0 Å². The molecule has 6 heteroatoms. The molecule has 0 saturated carbocycles. The third kappa shape index (κ3) is 3.04. The Bertz CT molecular complexity index is 712. The zero-order chi connectivity index (χ0) is 15.4. The van der Waals surface area contributed by atoms with Crippen LogP contribution in [0.25, 0.3) is 0 Å². The van der Waals surface area contributed by atoms with Crippen LogP contribution >= 0.6 is 0 Å². The first-order valence-corrected chi connectivity index (χ1v) is 6.98. The van der Waals surface area contributed by atoms with Crippen LogP contribution in [0.3, 0.4) is 0 Å². The maximum atomic E-state index is 12.4. The average Bonchev–Trinajstić information content (AvgIpc) is 3.03. The summed E-state index contributed by atoms with van der Waals surface area (Å²) < 4.78 is 5.74. The quantitative estimate of drug-likeness (QED) is 0.860. The zero-order valence-electron chi connectivity index (χ0n) is 11.8. The van der Waals surface area contributed by atoms with Crippen LogP contribution in [0.5, 0.6) is 5.88 Å². The molecule has 110 valence electrons. The standard InChI is InChI=1S/C16H14N4O2/c17-9-12-2-1-3-13(8-12)16(21)20-7-5-14(10-20)22-15-4-6-18-11-19-15/h1-4,6,8,11,14H,5,7,10H2. The Morgan fingerprint density at radius 1 is 1.41 bits per heavy atom. The number of carbonyl (C=O) groups is 1. The predicted molar refractivity (Wildman–Crippen MR) is 78.1 cm³/mol. The molecule has 22 heavy (non-hydrogen) atoms. The van der Waals surface area contributed by atoms with Gasteiger partial charge in [0.15, 0.2) is 0 Å². The van der Waals surface area contributed by atoms with Crippen LogP contribution in [0.1, 0.15) is 22.3 Å². The lowest BCUT2D eigenvalue weighted by atomic mass is 10.1. The first kappa shape index (κ1) is 14.0. The summed E-state index contributed by atoms with van der Waals surface area (Å²) in [4.78, 5) is 22.0. The maximum Gasteiger partial charge on any atom is 0.254 e. The summed E-state index contributed by atoms with van der Waals surface area (Å²) in [5.74, 6) is 0.437. The van der Waals surface area contributed by atoms with Gasteiger partial charge in [0.1, 0.15) is 12.4 Å². The molecule has 3 rings (SSSR count). The minimum absolute atomic E-state index is 0.0713. The molecule has 0 bridgehead atoms. The monoisotopic (exact) mass is 294 g/mol. The molecular weight excluding hydrogens is 280 g/mol. The molecule has 1 atom stereocenters. The van der Waals surface area contributed by atoms with Gasteiger partial charge in [-0.2, -0.15) is 5.26 Å². The van der Waals surface area contributed by atoms with Gasteiger partial charge in [0.2, 0.25) is 5.88 Å². The fraction of sp³-hybridized carbons (Fsp3) is 0.250. The molecule has 1 aliphatic rings. The van der Waals surface area contributed by atoms with E-state index >= 15 is 0 Å². The Balaban J connectivity index is 1.64. The van der Waals surface area contributed by atoms with E-state index in [1.807, 2.05) is 6.07 Å². The Morgan fingerprint density at radius 3 is 3.09 bits per heavy atom. The summed E-state index contributed by atoms with van der Waals surface area (Å²) in [6.45, 7) is 1.14. The van der Waals surface area contributed by atoms with E-state index in [9.17, 15) is 4.79 Å². The van der Waals surface area contributed by atoms with Crippen LogP contribution in [0.2, 0.25) is 0 Å². The number of amides is 1. The average molecular weight is 294 g/mol. The summed E-state index contributed by atoms with van der Waals surface area (Å²) in [5.41, 5.74) is 1.01. The summed E-state index contributed by atoms with van der Waals surface area (Å²) in [5, 5.41) is 8.91. The van der Waals surface area contributed by atoms with Crippen LogP contribution < -0.4 is 4.74 Å². The smallest absolute Gasteiger partial charge is 0.254 e. The van der Waals surface area contributed by atoms with Gasteiger partial charge in [-0.25, -0.2) is 9.97 Å². The number of aromatic nitrogens is 2. The van der Waals surface area contributed by atoms with Crippen molar-refractivity contribution in [3.8, 4) is 11.9 Å². The van der Waals surface area contributed by atoms with Gasteiger partial charge in [0.05, 0.1) is 18.2 Å². The van der Waals surface area contributed by atoms with Crippen LogP contribution in [-0.4, -0.2) is 40.0 Å². The third-order valence-electron chi connectivity index (χ3n) is 3.51. The van der Waals surface area contributed by atoms with Crippen molar-refractivity contribution in [3.05, 3.63) is 54.0 Å². The van der Waals surface area contributed by atoms with E-state index in [1.165, 1.54) is 6.33 Å². The number of rotatable bonds is 3. The Morgan fingerprint density at radius 2 is 2.32 bits per heavy atom. The minimum atomic E-state index is -0.0779. The second-order valence-electron chi connectivity index (χ2n) is 5.02. The lowest BCUT2D eigenvalue weighted by molar-refractivity contribution is 0.0771. The van der Waals surface area contributed by atoms with Gasteiger partial charge in [-0.15, -0.1) is 0 Å². The lowest BCUT2D eigenvalue weighted by Gasteiger charge is -2.17.